The molecule has 8 heteroatoms. The number of rotatable bonds is 8. The van der Waals surface area contributed by atoms with Crippen molar-refractivity contribution in [1.82, 2.24) is 0 Å². The Hall–Kier alpha value is -1.66. The molecule has 3 nitrogen and oxygen atoms in total. The van der Waals surface area contributed by atoms with E-state index in [2.05, 4.69) is 0 Å². The van der Waals surface area contributed by atoms with Gasteiger partial charge in [-0.25, -0.2) is 0 Å². The van der Waals surface area contributed by atoms with Gasteiger partial charge in [-0.1, -0.05) is 30.3 Å². The lowest BCUT2D eigenvalue weighted by Gasteiger charge is -2.26. The van der Waals surface area contributed by atoms with Crippen molar-refractivity contribution in [2.75, 3.05) is 13.2 Å². The first kappa shape index (κ1) is 23.0. The number of hydrogen-bond acceptors (Lipinski definition) is 4. The second kappa shape index (κ2) is 9.23. The van der Waals surface area contributed by atoms with Crippen molar-refractivity contribution in [3.05, 3.63) is 70.1 Å². The van der Waals surface area contributed by atoms with Crippen molar-refractivity contribution in [1.29, 1.82) is 0 Å². The fraction of sp³-hybridized carbons (Fsp3) is 0.364. The first-order chi connectivity index (χ1) is 14.2. The van der Waals surface area contributed by atoms with Gasteiger partial charge in [0.15, 0.2) is 0 Å². The Kier molecular flexibility index (Phi) is 7.08. The standard InChI is InChI=1S/C22H24F3O3PS/c1-4-27-29(26,28-5-2)19(14-16-10-12-17(13-11-16)22(23,24)25)21-15(3)18-8-6-7-9-20(18)30-21/h6-13,19H,4-5,14H2,1-3H3. The first-order valence-corrected chi connectivity index (χ1v) is 12.2. The summed E-state index contributed by atoms with van der Waals surface area (Å²) in [5.74, 6) is 0. The molecule has 1 atom stereocenters. The molecule has 1 aromatic heterocycles. The number of thiophene rings is 1. The Morgan fingerprint density at radius 1 is 1.00 bits per heavy atom. The largest absolute Gasteiger partial charge is 0.416 e. The van der Waals surface area contributed by atoms with E-state index in [4.69, 9.17) is 9.05 Å². The van der Waals surface area contributed by atoms with Crippen LogP contribution in [0, 0.1) is 6.92 Å². The van der Waals surface area contributed by atoms with E-state index < -0.39 is 25.0 Å². The molecule has 0 aliphatic rings. The molecular weight excluding hydrogens is 432 g/mol. The monoisotopic (exact) mass is 456 g/mol. The molecular formula is C22H24F3O3PS. The fourth-order valence-electron chi connectivity index (χ4n) is 3.49. The lowest BCUT2D eigenvalue weighted by molar-refractivity contribution is -0.137. The Bertz CT molecular complexity index is 1030. The van der Waals surface area contributed by atoms with E-state index in [1.54, 1.807) is 13.8 Å². The number of alkyl halides is 3. The molecule has 3 aromatic rings. The van der Waals surface area contributed by atoms with E-state index >= 15 is 0 Å². The Morgan fingerprint density at radius 3 is 2.13 bits per heavy atom. The molecule has 0 saturated heterocycles. The summed E-state index contributed by atoms with van der Waals surface area (Å²) in [6.07, 6.45) is -4.14. The van der Waals surface area contributed by atoms with Crippen molar-refractivity contribution in [2.45, 2.75) is 39.0 Å². The summed E-state index contributed by atoms with van der Waals surface area (Å²) >= 11 is 1.53. The van der Waals surface area contributed by atoms with E-state index in [0.717, 1.165) is 32.7 Å². The molecule has 0 aliphatic carbocycles. The van der Waals surface area contributed by atoms with E-state index in [1.807, 2.05) is 31.2 Å². The number of aryl methyl sites for hydroxylation is 1. The minimum atomic E-state index is -4.40. The molecule has 0 radical (unpaired) electrons. The van der Waals surface area contributed by atoms with Crippen LogP contribution in [0.15, 0.2) is 48.5 Å². The summed E-state index contributed by atoms with van der Waals surface area (Å²) in [4.78, 5) is 0.876. The molecule has 1 heterocycles. The van der Waals surface area contributed by atoms with E-state index in [1.165, 1.54) is 23.5 Å². The van der Waals surface area contributed by atoms with Gasteiger partial charge < -0.3 is 9.05 Å². The third-order valence-electron chi connectivity index (χ3n) is 4.89. The highest BCUT2D eigenvalue weighted by atomic mass is 32.1. The van der Waals surface area contributed by atoms with Crippen LogP contribution in [0.4, 0.5) is 13.2 Å². The van der Waals surface area contributed by atoms with E-state index in [0.29, 0.717) is 5.56 Å². The highest BCUT2D eigenvalue weighted by Crippen LogP contribution is 2.64. The Morgan fingerprint density at radius 2 is 1.60 bits per heavy atom. The molecule has 30 heavy (non-hydrogen) atoms. The van der Waals surface area contributed by atoms with Gasteiger partial charge >= 0.3 is 13.8 Å². The maximum absolute atomic E-state index is 13.8. The van der Waals surface area contributed by atoms with Gasteiger partial charge in [0.25, 0.3) is 0 Å². The zero-order valence-electron chi connectivity index (χ0n) is 17.0. The first-order valence-electron chi connectivity index (χ1n) is 9.72. The van der Waals surface area contributed by atoms with Gasteiger partial charge in [-0.05, 0) is 61.9 Å². The molecule has 0 N–H and O–H groups in total. The third-order valence-corrected chi connectivity index (χ3v) is 8.89. The Labute approximate surface area is 178 Å². The SMILES string of the molecule is CCOP(=O)(OCC)C(Cc1ccc(C(F)(F)F)cc1)c1sc2ccccc2c1C. The molecule has 2 aromatic carbocycles. The lowest BCUT2D eigenvalue weighted by Crippen LogP contribution is -2.10. The van der Waals surface area contributed by atoms with E-state index in [9.17, 15) is 17.7 Å². The molecule has 0 aliphatic heterocycles. The average molecular weight is 456 g/mol. The molecule has 0 amide bonds. The second-order valence-electron chi connectivity index (χ2n) is 6.88. The van der Waals surface area contributed by atoms with Crippen LogP contribution in [0.1, 0.15) is 41.1 Å². The molecule has 1 unspecified atom stereocenters. The minimum absolute atomic E-state index is 0.213. The van der Waals surface area contributed by atoms with Crippen LogP contribution >= 0.6 is 18.9 Å². The van der Waals surface area contributed by atoms with Gasteiger partial charge in [-0.2, -0.15) is 13.2 Å². The highest BCUT2D eigenvalue weighted by molar-refractivity contribution is 7.54. The summed E-state index contributed by atoms with van der Waals surface area (Å²) < 4.78 is 64.9. The summed E-state index contributed by atoms with van der Waals surface area (Å²) in [6, 6.07) is 12.9. The molecule has 0 saturated carbocycles. The lowest BCUT2D eigenvalue weighted by atomic mass is 10.0. The van der Waals surface area contributed by atoms with Crippen molar-refractivity contribution in [3.8, 4) is 0 Å². The van der Waals surface area contributed by atoms with Crippen molar-refractivity contribution >= 4 is 29.0 Å². The smallest absolute Gasteiger partial charge is 0.308 e. The molecule has 0 spiro atoms. The predicted molar refractivity (Wildman–Crippen MR) is 115 cm³/mol. The predicted octanol–water partition coefficient (Wildman–Crippen LogP) is 7.78. The molecule has 162 valence electrons. The van der Waals surface area contributed by atoms with Crippen LogP contribution in [-0.4, -0.2) is 13.2 Å². The summed E-state index contributed by atoms with van der Waals surface area (Å²) in [6.45, 7) is 5.89. The van der Waals surface area contributed by atoms with Gasteiger partial charge in [0, 0.05) is 9.58 Å². The van der Waals surface area contributed by atoms with Crippen LogP contribution in [0.5, 0.6) is 0 Å². The van der Waals surface area contributed by atoms with Gasteiger partial charge in [0.05, 0.1) is 24.4 Å². The quantitative estimate of drug-likeness (QED) is 0.325. The topological polar surface area (TPSA) is 35.5 Å². The molecule has 0 bridgehead atoms. The zero-order valence-corrected chi connectivity index (χ0v) is 18.7. The minimum Gasteiger partial charge on any atom is -0.308 e. The van der Waals surface area contributed by atoms with Crippen molar-refractivity contribution < 1.29 is 26.8 Å². The van der Waals surface area contributed by atoms with Gasteiger partial charge in [-0.3, -0.25) is 4.57 Å². The maximum Gasteiger partial charge on any atom is 0.416 e. The number of fused-ring (bicyclic) bond motifs is 1. The third kappa shape index (κ3) is 4.80. The maximum atomic E-state index is 13.8. The van der Waals surface area contributed by atoms with Gasteiger partial charge in [0.1, 0.15) is 0 Å². The van der Waals surface area contributed by atoms with E-state index in [-0.39, 0.29) is 19.6 Å². The van der Waals surface area contributed by atoms with Gasteiger partial charge in [-0.15, -0.1) is 11.3 Å². The average Bonchev–Trinajstić information content (AvgIpc) is 3.03. The molecule has 3 rings (SSSR count). The van der Waals surface area contributed by atoms with Crippen LogP contribution in [0.2, 0.25) is 0 Å². The fourth-order valence-corrected chi connectivity index (χ4v) is 7.30. The van der Waals surface area contributed by atoms with Crippen molar-refractivity contribution in [3.63, 3.8) is 0 Å². The summed E-state index contributed by atoms with van der Waals surface area (Å²) in [5.41, 5.74) is 0.321. The number of benzene rings is 2. The normalized spacial score (nSPS) is 13.7. The second-order valence-corrected chi connectivity index (χ2v) is 10.2. The van der Waals surface area contributed by atoms with Gasteiger partial charge in [0.2, 0.25) is 0 Å². The van der Waals surface area contributed by atoms with Crippen LogP contribution in [0.25, 0.3) is 10.1 Å². The summed E-state index contributed by atoms with van der Waals surface area (Å²) in [7, 11) is -3.56. The zero-order chi connectivity index (χ0) is 21.9. The Balaban J connectivity index is 2.07. The summed E-state index contributed by atoms with van der Waals surface area (Å²) in [5, 5.41) is 1.06. The highest BCUT2D eigenvalue weighted by Gasteiger charge is 2.39. The number of hydrogen-bond donors (Lipinski definition) is 0. The number of halogens is 3. The van der Waals surface area contributed by atoms with Crippen LogP contribution in [-0.2, 0) is 26.2 Å². The van der Waals surface area contributed by atoms with Crippen LogP contribution < -0.4 is 0 Å². The molecule has 0 fully saturated rings. The van der Waals surface area contributed by atoms with Crippen LogP contribution in [0.3, 0.4) is 0 Å². The van der Waals surface area contributed by atoms with Crippen molar-refractivity contribution in [2.24, 2.45) is 0 Å².